The lowest BCUT2D eigenvalue weighted by Crippen LogP contribution is -2.62. The quantitative estimate of drug-likeness (QED) is 0.233. The second kappa shape index (κ2) is 9.49. The smallest absolute Gasteiger partial charge is 0.466 e. The maximum atomic E-state index is 11.8. The number of benzene rings is 1. The number of hydrogen-bond acceptors (Lipinski definition) is 8. The molecular formula is C18H20N2O8. The molecule has 0 radical (unpaired) electrons. The lowest BCUT2D eigenvalue weighted by Gasteiger charge is -2.39. The van der Waals surface area contributed by atoms with Crippen LogP contribution in [0.3, 0.4) is 0 Å². The summed E-state index contributed by atoms with van der Waals surface area (Å²) in [5.41, 5.74) is 0.491. The summed E-state index contributed by atoms with van der Waals surface area (Å²) < 4.78 is 14.6. The average molecular weight is 392 g/mol. The number of nitrogens with zero attached hydrogens (tertiary/aromatic N) is 1. The molecule has 1 amide bonds. The van der Waals surface area contributed by atoms with E-state index in [0.717, 1.165) is 0 Å². The number of carbonyl (C=O) groups is 3. The molecule has 1 aliphatic rings. The predicted molar refractivity (Wildman–Crippen MR) is 95.0 cm³/mol. The van der Waals surface area contributed by atoms with Crippen molar-refractivity contribution >= 4 is 23.7 Å². The van der Waals surface area contributed by atoms with Gasteiger partial charge in [0.1, 0.15) is 12.7 Å². The van der Waals surface area contributed by atoms with Crippen molar-refractivity contribution in [2.24, 2.45) is 5.92 Å². The van der Waals surface area contributed by atoms with Crippen molar-refractivity contribution in [3.05, 3.63) is 52.1 Å². The van der Waals surface area contributed by atoms with Crippen LogP contribution in [0.25, 0.3) is 0 Å². The maximum absolute atomic E-state index is 11.8. The van der Waals surface area contributed by atoms with Gasteiger partial charge in [0.15, 0.2) is 0 Å². The Morgan fingerprint density at radius 3 is 2.57 bits per heavy atom. The van der Waals surface area contributed by atoms with Crippen molar-refractivity contribution in [2.45, 2.75) is 32.1 Å². The van der Waals surface area contributed by atoms with Gasteiger partial charge in [-0.2, -0.15) is 0 Å². The molecular weight excluding hydrogens is 372 g/mol. The largest absolute Gasteiger partial charge is 0.508 e. The Bertz CT molecular complexity index is 774. The molecule has 150 valence electrons. The number of esters is 1. The van der Waals surface area contributed by atoms with Crippen molar-refractivity contribution in [1.82, 2.24) is 5.32 Å². The first-order valence-electron chi connectivity index (χ1n) is 8.43. The lowest BCUT2D eigenvalue weighted by atomic mass is 9.84. The number of nitrogens with one attached hydrogen (secondary N) is 1. The molecule has 1 N–H and O–H groups in total. The molecule has 0 spiro atoms. The molecule has 0 aromatic heterocycles. The van der Waals surface area contributed by atoms with Gasteiger partial charge in [0.2, 0.25) is 5.91 Å². The van der Waals surface area contributed by atoms with Gasteiger partial charge in [-0.25, -0.2) is 9.59 Å². The summed E-state index contributed by atoms with van der Waals surface area (Å²) in [7, 11) is 1.26. The Labute approximate surface area is 160 Å². The van der Waals surface area contributed by atoms with E-state index in [9.17, 15) is 24.5 Å². The molecule has 0 bridgehead atoms. The van der Waals surface area contributed by atoms with Gasteiger partial charge in [0.25, 0.3) is 5.69 Å². The van der Waals surface area contributed by atoms with Gasteiger partial charge in [-0.3, -0.25) is 14.9 Å². The highest BCUT2D eigenvalue weighted by Crippen LogP contribution is 2.25. The zero-order valence-corrected chi connectivity index (χ0v) is 15.3. The molecule has 1 aromatic rings. The van der Waals surface area contributed by atoms with Gasteiger partial charge in [-0.15, -0.1) is 0 Å². The fourth-order valence-corrected chi connectivity index (χ4v) is 2.70. The third-order valence-electron chi connectivity index (χ3n) is 4.20. The van der Waals surface area contributed by atoms with Crippen LogP contribution in [-0.4, -0.2) is 42.2 Å². The Hall–Kier alpha value is -3.43. The average Bonchev–Trinajstić information content (AvgIpc) is 2.65. The number of hydrogen-bond donors (Lipinski definition) is 1. The number of amides is 1. The van der Waals surface area contributed by atoms with Crippen LogP contribution in [0.4, 0.5) is 10.5 Å². The first kappa shape index (κ1) is 20.9. The van der Waals surface area contributed by atoms with Crippen molar-refractivity contribution in [2.75, 3.05) is 7.11 Å². The van der Waals surface area contributed by atoms with Crippen molar-refractivity contribution in [1.29, 1.82) is 0 Å². The minimum atomic E-state index is -0.950. The Kier molecular flexibility index (Phi) is 7.08. The van der Waals surface area contributed by atoms with Crippen LogP contribution in [0.5, 0.6) is 0 Å². The summed E-state index contributed by atoms with van der Waals surface area (Å²) in [5, 5.41) is 13.3. The van der Waals surface area contributed by atoms with Crippen LogP contribution < -0.4 is 5.32 Å². The van der Waals surface area contributed by atoms with E-state index < -0.39 is 29.1 Å². The third-order valence-corrected chi connectivity index (χ3v) is 4.20. The standard InChI is InChI=1S/C18H20N2O8/c1-11(16-14(19-17(16)22)4-3-5-15(21)26-2)28-18(23)27-10-12-6-8-13(9-7-12)20(24)25/h3,5-9,11,14,16H,4,10H2,1-2H3,(H,19,22). The summed E-state index contributed by atoms with van der Waals surface area (Å²) >= 11 is 0. The van der Waals surface area contributed by atoms with Gasteiger partial charge in [0.05, 0.1) is 18.0 Å². The zero-order chi connectivity index (χ0) is 20.7. The van der Waals surface area contributed by atoms with E-state index in [2.05, 4.69) is 10.1 Å². The molecule has 10 nitrogen and oxygen atoms in total. The lowest BCUT2D eigenvalue weighted by molar-refractivity contribution is -0.384. The van der Waals surface area contributed by atoms with Gasteiger partial charge >= 0.3 is 12.1 Å². The Balaban J connectivity index is 1.80. The van der Waals surface area contributed by atoms with Crippen LogP contribution >= 0.6 is 0 Å². The van der Waals surface area contributed by atoms with E-state index in [-0.39, 0.29) is 24.2 Å². The number of carbonyl (C=O) groups excluding carboxylic acids is 3. The highest BCUT2D eigenvalue weighted by atomic mass is 16.7. The third kappa shape index (κ3) is 5.53. The topological polar surface area (TPSA) is 134 Å². The van der Waals surface area contributed by atoms with E-state index >= 15 is 0 Å². The van der Waals surface area contributed by atoms with Crippen LogP contribution in [0.1, 0.15) is 18.9 Å². The molecule has 1 saturated heterocycles. The zero-order valence-electron chi connectivity index (χ0n) is 15.3. The highest BCUT2D eigenvalue weighted by Gasteiger charge is 2.44. The maximum Gasteiger partial charge on any atom is 0.508 e. The molecule has 28 heavy (non-hydrogen) atoms. The number of nitro benzene ring substituents is 1. The monoisotopic (exact) mass is 392 g/mol. The molecule has 1 aromatic carbocycles. The van der Waals surface area contributed by atoms with Crippen LogP contribution in [0.2, 0.25) is 0 Å². The fraction of sp³-hybridized carbons (Fsp3) is 0.389. The number of nitro groups is 1. The Morgan fingerprint density at radius 2 is 2.00 bits per heavy atom. The van der Waals surface area contributed by atoms with Crippen LogP contribution in [-0.2, 0) is 30.4 Å². The summed E-state index contributed by atoms with van der Waals surface area (Å²) in [4.78, 5) is 44.7. The molecule has 0 aliphatic carbocycles. The van der Waals surface area contributed by atoms with Crippen molar-refractivity contribution in [3.63, 3.8) is 0 Å². The molecule has 1 fully saturated rings. The predicted octanol–water partition coefficient (Wildman–Crippen LogP) is 1.87. The van der Waals surface area contributed by atoms with Gasteiger partial charge < -0.3 is 19.5 Å². The van der Waals surface area contributed by atoms with Crippen molar-refractivity contribution < 1.29 is 33.5 Å². The summed E-state index contributed by atoms with van der Waals surface area (Å²) in [5.74, 6) is -1.32. The Morgan fingerprint density at radius 1 is 1.32 bits per heavy atom. The van der Waals surface area contributed by atoms with E-state index in [0.29, 0.717) is 12.0 Å². The van der Waals surface area contributed by atoms with Crippen molar-refractivity contribution in [3.8, 4) is 0 Å². The van der Waals surface area contributed by atoms with E-state index in [1.54, 1.807) is 13.0 Å². The SMILES string of the molecule is COC(=O)C=CCC1NC(=O)C1C(C)OC(=O)OCc1ccc([N+](=O)[O-])cc1. The fourth-order valence-electron chi connectivity index (χ4n) is 2.70. The van der Waals surface area contributed by atoms with Crippen LogP contribution in [0, 0.1) is 16.0 Å². The van der Waals surface area contributed by atoms with Gasteiger partial charge in [0, 0.05) is 24.3 Å². The molecule has 1 aliphatic heterocycles. The summed E-state index contributed by atoms with van der Waals surface area (Å²) in [6, 6.07) is 5.27. The second-order valence-corrected chi connectivity index (χ2v) is 6.09. The molecule has 3 atom stereocenters. The normalized spacial score (nSPS) is 19.3. The number of non-ortho nitro benzene ring substituents is 1. The molecule has 10 heteroatoms. The number of β-lactam (4-membered cyclic amide) rings is 1. The number of ether oxygens (including phenoxy) is 3. The minimum Gasteiger partial charge on any atom is -0.466 e. The summed E-state index contributed by atoms with van der Waals surface area (Å²) in [6.45, 7) is 1.46. The van der Waals surface area contributed by atoms with E-state index in [1.165, 1.54) is 37.5 Å². The minimum absolute atomic E-state index is 0.0664. The molecule has 0 saturated carbocycles. The van der Waals surface area contributed by atoms with Gasteiger partial charge in [-0.1, -0.05) is 6.08 Å². The molecule has 3 unspecified atom stereocenters. The highest BCUT2D eigenvalue weighted by molar-refractivity contribution is 5.87. The molecule has 2 rings (SSSR count). The van der Waals surface area contributed by atoms with E-state index in [1.807, 2.05) is 0 Å². The first-order valence-corrected chi connectivity index (χ1v) is 8.43. The second-order valence-electron chi connectivity index (χ2n) is 6.09. The van der Waals surface area contributed by atoms with Crippen LogP contribution in [0.15, 0.2) is 36.4 Å². The summed E-state index contributed by atoms with van der Waals surface area (Å²) in [6.07, 6.45) is 1.54. The van der Waals surface area contributed by atoms with E-state index in [4.69, 9.17) is 9.47 Å². The van der Waals surface area contributed by atoms with Gasteiger partial charge in [-0.05, 0) is 31.0 Å². The number of rotatable bonds is 8. The molecule has 1 heterocycles. The first-order chi connectivity index (χ1) is 13.3. The number of methoxy groups -OCH3 is 1.